The van der Waals surface area contributed by atoms with Crippen LogP contribution < -0.4 is 4.74 Å². The molecule has 1 aromatic carbocycles. The number of nitrogens with zero attached hydrogens (tertiary/aromatic N) is 4. The molecule has 0 spiro atoms. The molecule has 2 aromatic rings. The number of piperazine rings is 1. The molecule has 0 radical (unpaired) electrons. The van der Waals surface area contributed by atoms with Crippen molar-refractivity contribution in [1.82, 2.24) is 19.8 Å². The van der Waals surface area contributed by atoms with E-state index in [-0.39, 0.29) is 36.2 Å². The number of benzene rings is 1. The highest BCUT2D eigenvalue weighted by atomic mass is 35.5. The molecular weight excluding hydrogens is 459 g/mol. The lowest BCUT2D eigenvalue weighted by Crippen LogP contribution is -2.51. The van der Waals surface area contributed by atoms with Crippen molar-refractivity contribution in [2.75, 3.05) is 32.8 Å². The number of amides is 2. The Bertz CT molecular complexity index is 948. The van der Waals surface area contributed by atoms with Crippen LogP contribution in [0, 0.1) is 11.7 Å². The number of rotatable bonds is 7. The first kappa shape index (κ1) is 25.9. The molecule has 34 heavy (non-hydrogen) atoms. The molecule has 0 atom stereocenters. The van der Waals surface area contributed by atoms with Gasteiger partial charge in [0.25, 0.3) is 5.91 Å². The molecule has 1 saturated heterocycles. The molecule has 2 fully saturated rings. The number of ether oxygens (including phenoxy) is 1. The second-order valence-electron chi connectivity index (χ2n) is 8.83. The molecule has 2 amide bonds. The Morgan fingerprint density at radius 2 is 1.76 bits per heavy atom. The monoisotopic (exact) mass is 490 g/mol. The maximum absolute atomic E-state index is 14.5. The highest BCUT2D eigenvalue weighted by Gasteiger charge is 2.27. The molecule has 184 valence electrons. The van der Waals surface area contributed by atoms with Gasteiger partial charge in [0.1, 0.15) is 11.6 Å². The summed E-state index contributed by atoms with van der Waals surface area (Å²) >= 11 is 0. The van der Waals surface area contributed by atoms with Crippen LogP contribution in [0.15, 0.2) is 36.8 Å². The van der Waals surface area contributed by atoms with Gasteiger partial charge >= 0.3 is 0 Å². The predicted octanol–water partition coefficient (Wildman–Crippen LogP) is 3.91. The average Bonchev–Trinajstić information content (AvgIpc) is 2.86. The van der Waals surface area contributed by atoms with Crippen molar-refractivity contribution < 1.29 is 18.7 Å². The van der Waals surface area contributed by atoms with Crippen molar-refractivity contribution in [2.45, 2.75) is 44.9 Å². The Morgan fingerprint density at radius 1 is 1.03 bits per heavy atom. The average molecular weight is 491 g/mol. The van der Waals surface area contributed by atoms with Crippen molar-refractivity contribution in [3.8, 4) is 5.75 Å². The van der Waals surface area contributed by atoms with Crippen LogP contribution >= 0.6 is 12.4 Å². The van der Waals surface area contributed by atoms with E-state index in [2.05, 4.69) is 9.97 Å². The number of carbonyl (C=O) groups excluding carboxylic acids is 2. The summed E-state index contributed by atoms with van der Waals surface area (Å²) in [4.78, 5) is 36.9. The van der Waals surface area contributed by atoms with Crippen LogP contribution in [0.5, 0.6) is 5.75 Å². The second-order valence-corrected chi connectivity index (χ2v) is 8.83. The Labute approximate surface area is 206 Å². The smallest absolute Gasteiger partial charge is 0.257 e. The van der Waals surface area contributed by atoms with Gasteiger partial charge < -0.3 is 14.5 Å². The molecule has 1 aliphatic heterocycles. The molecule has 4 rings (SSSR count). The van der Waals surface area contributed by atoms with Crippen molar-refractivity contribution in [3.63, 3.8) is 0 Å². The Hall–Kier alpha value is -2.74. The lowest BCUT2D eigenvalue weighted by Gasteiger charge is -2.35. The standard InChI is InChI=1S/C25H31FN4O3.ClH/c26-23-7-6-21(33-15-8-19-4-2-1-3-5-19)17-22(23)25(32)30-13-11-29(12-14-30)24(31)16-20-18-27-9-10-28-20;/h6-7,9-10,17-19H,1-5,8,11-16H2;1H. The van der Waals surface area contributed by atoms with Crippen LogP contribution in [0.2, 0.25) is 0 Å². The van der Waals surface area contributed by atoms with Crippen molar-refractivity contribution >= 4 is 24.2 Å². The largest absolute Gasteiger partial charge is 0.494 e. The number of aromatic nitrogens is 2. The lowest BCUT2D eigenvalue weighted by molar-refractivity contribution is -0.132. The zero-order valence-corrected chi connectivity index (χ0v) is 20.1. The van der Waals surface area contributed by atoms with Crippen LogP contribution in [0.4, 0.5) is 4.39 Å². The molecule has 0 bridgehead atoms. The summed E-state index contributed by atoms with van der Waals surface area (Å²) in [5.41, 5.74) is 0.632. The van der Waals surface area contributed by atoms with Gasteiger partial charge in [0, 0.05) is 44.8 Å². The first-order valence-electron chi connectivity index (χ1n) is 11.8. The highest BCUT2D eigenvalue weighted by molar-refractivity contribution is 5.95. The first-order chi connectivity index (χ1) is 16.1. The quantitative estimate of drug-likeness (QED) is 0.588. The van der Waals surface area contributed by atoms with E-state index in [0.717, 1.165) is 6.42 Å². The van der Waals surface area contributed by atoms with Crippen LogP contribution in [-0.2, 0) is 11.2 Å². The normalized spacial score (nSPS) is 16.6. The van der Waals surface area contributed by atoms with E-state index in [1.807, 2.05) is 0 Å². The van der Waals surface area contributed by atoms with E-state index in [1.54, 1.807) is 34.5 Å². The van der Waals surface area contributed by atoms with Crippen molar-refractivity contribution in [1.29, 1.82) is 0 Å². The molecule has 2 heterocycles. The molecule has 0 N–H and O–H groups in total. The Kier molecular flexibility index (Phi) is 9.62. The Morgan fingerprint density at radius 3 is 2.47 bits per heavy atom. The number of hydrogen-bond donors (Lipinski definition) is 0. The van der Waals surface area contributed by atoms with Gasteiger partial charge in [-0.15, -0.1) is 12.4 Å². The van der Waals surface area contributed by atoms with Crippen LogP contribution in [0.1, 0.15) is 54.6 Å². The van der Waals surface area contributed by atoms with Gasteiger partial charge in [-0.2, -0.15) is 0 Å². The first-order valence-corrected chi connectivity index (χ1v) is 11.8. The summed E-state index contributed by atoms with van der Waals surface area (Å²) in [7, 11) is 0. The van der Waals surface area contributed by atoms with E-state index in [0.29, 0.717) is 50.1 Å². The molecule has 7 nitrogen and oxygen atoms in total. The van der Waals surface area contributed by atoms with E-state index in [1.165, 1.54) is 44.2 Å². The van der Waals surface area contributed by atoms with E-state index in [4.69, 9.17) is 4.74 Å². The van der Waals surface area contributed by atoms with Gasteiger partial charge in [-0.25, -0.2) is 4.39 Å². The van der Waals surface area contributed by atoms with Gasteiger partial charge in [0.2, 0.25) is 5.91 Å². The number of hydrogen-bond acceptors (Lipinski definition) is 5. The number of carbonyl (C=O) groups is 2. The summed E-state index contributed by atoms with van der Waals surface area (Å²) in [5.74, 6) is 0.246. The van der Waals surface area contributed by atoms with Crippen LogP contribution in [0.3, 0.4) is 0 Å². The fourth-order valence-electron chi connectivity index (χ4n) is 4.59. The SMILES string of the molecule is Cl.O=C(Cc1cnccn1)N1CCN(C(=O)c2cc(OCCC3CCCCC3)ccc2F)CC1. The maximum atomic E-state index is 14.5. The fraction of sp³-hybridized carbons (Fsp3) is 0.520. The summed E-state index contributed by atoms with van der Waals surface area (Å²) in [6, 6.07) is 4.38. The highest BCUT2D eigenvalue weighted by Crippen LogP contribution is 2.27. The van der Waals surface area contributed by atoms with Gasteiger partial charge in [-0.05, 0) is 30.5 Å². The molecule has 1 aliphatic carbocycles. The molecule has 1 saturated carbocycles. The summed E-state index contributed by atoms with van der Waals surface area (Å²) in [5, 5.41) is 0. The van der Waals surface area contributed by atoms with E-state index in [9.17, 15) is 14.0 Å². The molecule has 1 aromatic heterocycles. The predicted molar refractivity (Wildman–Crippen MR) is 129 cm³/mol. The van der Waals surface area contributed by atoms with Gasteiger partial charge in [-0.1, -0.05) is 32.1 Å². The second kappa shape index (κ2) is 12.6. The molecule has 9 heteroatoms. The Balaban J connectivity index is 0.00000324. The summed E-state index contributed by atoms with van der Waals surface area (Å²) in [6.07, 6.45) is 12.3. The third-order valence-corrected chi connectivity index (χ3v) is 6.56. The third-order valence-electron chi connectivity index (χ3n) is 6.56. The summed E-state index contributed by atoms with van der Waals surface area (Å²) in [6.45, 7) is 2.11. The maximum Gasteiger partial charge on any atom is 0.257 e. The molecule has 2 aliphatic rings. The minimum absolute atomic E-state index is 0. The third kappa shape index (κ3) is 6.88. The van der Waals surface area contributed by atoms with E-state index < -0.39 is 5.82 Å². The zero-order valence-electron chi connectivity index (χ0n) is 19.3. The molecular formula is C25H32ClFN4O3. The topological polar surface area (TPSA) is 75.6 Å². The summed E-state index contributed by atoms with van der Waals surface area (Å²) < 4.78 is 20.3. The molecule has 0 unspecified atom stereocenters. The van der Waals surface area contributed by atoms with E-state index >= 15 is 0 Å². The van der Waals surface area contributed by atoms with Crippen molar-refractivity contribution in [2.24, 2.45) is 5.92 Å². The van der Waals surface area contributed by atoms with Crippen LogP contribution in [0.25, 0.3) is 0 Å². The van der Waals surface area contributed by atoms with Crippen molar-refractivity contribution in [3.05, 3.63) is 53.9 Å². The zero-order chi connectivity index (χ0) is 23.0. The van der Waals surface area contributed by atoms with Gasteiger partial charge in [0.05, 0.1) is 24.3 Å². The number of halogens is 2. The lowest BCUT2D eigenvalue weighted by atomic mass is 9.87. The van der Waals surface area contributed by atoms with Gasteiger partial charge in [0.15, 0.2) is 0 Å². The fourth-order valence-corrected chi connectivity index (χ4v) is 4.59. The van der Waals surface area contributed by atoms with Gasteiger partial charge in [-0.3, -0.25) is 19.6 Å². The minimum atomic E-state index is -0.555. The minimum Gasteiger partial charge on any atom is -0.494 e. The van der Waals surface area contributed by atoms with Crippen LogP contribution in [-0.4, -0.2) is 64.4 Å².